The van der Waals surface area contributed by atoms with E-state index in [9.17, 15) is 9.13 Å². The van der Waals surface area contributed by atoms with Gasteiger partial charge in [-0.05, 0) is 12.8 Å². The molecule has 0 aromatic heterocycles. The van der Waals surface area contributed by atoms with Crippen molar-refractivity contribution in [2.75, 3.05) is 13.2 Å². The number of hydrogen-bond acceptors (Lipinski definition) is 4. The summed E-state index contributed by atoms with van der Waals surface area (Å²) in [7, 11) is -5.67. The Balaban J connectivity index is 3.01. The second-order valence-corrected chi connectivity index (χ2v) is 3.58. The summed E-state index contributed by atoms with van der Waals surface area (Å²) in [6, 6.07) is 0. The predicted molar refractivity (Wildman–Crippen MR) is 43.6 cm³/mol. The van der Waals surface area contributed by atoms with Gasteiger partial charge in [-0.3, -0.25) is 9.13 Å². The monoisotopic (exact) mass is 218 g/mol. The lowest BCUT2D eigenvalue weighted by molar-refractivity contribution is 0.243. The predicted octanol–water partition coefficient (Wildman–Crippen LogP) is 0.564. The maximum atomic E-state index is 9.99. The third-order valence-corrected chi connectivity index (χ3v) is 1.89. The molecule has 0 aromatic carbocycles. The van der Waals surface area contributed by atoms with Gasteiger partial charge in [0.25, 0.3) is 0 Å². The molecule has 0 aliphatic carbocycles. The van der Waals surface area contributed by atoms with Crippen LogP contribution in [0, 0.1) is 0 Å². The highest BCUT2D eigenvalue weighted by atomic mass is 31.1. The molecule has 0 saturated carbocycles. The van der Waals surface area contributed by atoms with Crippen LogP contribution in [-0.2, 0) is 18.2 Å². The Labute approximate surface area is 71.4 Å². The SMILES string of the molecule is O=[PH](O)OCCCCO[PH](=O)O. The van der Waals surface area contributed by atoms with E-state index in [2.05, 4.69) is 9.05 Å². The molecule has 2 N–H and O–H groups in total. The lowest BCUT2D eigenvalue weighted by atomic mass is 10.3. The summed E-state index contributed by atoms with van der Waals surface area (Å²) >= 11 is 0. The molecule has 0 aromatic rings. The van der Waals surface area contributed by atoms with E-state index in [-0.39, 0.29) is 13.2 Å². The van der Waals surface area contributed by atoms with Crippen LogP contribution in [0.1, 0.15) is 12.8 Å². The summed E-state index contributed by atoms with van der Waals surface area (Å²) < 4.78 is 28.7. The maximum Gasteiger partial charge on any atom is 0.316 e. The molecule has 0 rings (SSSR count). The van der Waals surface area contributed by atoms with Crippen LogP contribution in [0.3, 0.4) is 0 Å². The minimum absolute atomic E-state index is 0.171. The van der Waals surface area contributed by atoms with Crippen molar-refractivity contribution in [1.29, 1.82) is 0 Å². The standard InChI is InChI=1S/C4H12O6P2/c5-11(6)9-3-1-2-4-10-12(7)8/h11-12H,1-4H2,(H,5,6)(H,7,8). The first kappa shape index (κ1) is 12.3. The quantitative estimate of drug-likeness (QED) is 0.479. The van der Waals surface area contributed by atoms with Crippen LogP contribution in [0.25, 0.3) is 0 Å². The molecule has 0 bridgehead atoms. The topological polar surface area (TPSA) is 93.1 Å². The smallest absolute Gasteiger partial charge is 0.316 e. The molecular weight excluding hydrogens is 206 g/mol. The average Bonchev–Trinajstić information content (AvgIpc) is 1.95. The van der Waals surface area contributed by atoms with Gasteiger partial charge in [0.15, 0.2) is 0 Å². The summed E-state index contributed by atoms with van der Waals surface area (Å²) in [6.45, 7) is 0.341. The van der Waals surface area contributed by atoms with Gasteiger partial charge < -0.3 is 18.8 Å². The summed E-state index contributed by atoms with van der Waals surface area (Å²) in [5.41, 5.74) is 0. The zero-order valence-corrected chi connectivity index (χ0v) is 8.36. The highest BCUT2D eigenvalue weighted by Gasteiger charge is 1.94. The van der Waals surface area contributed by atoms with Gasteiger partial charge in [-0.15, -0.1) is 0 Å². The van der Waals surface area contributed by atoms with E-state index < -0.39 is 16.5 Å². The van der Waals surface area contributed by atoms with Crippen molar-refractivity contribution < 1.29 is 28.0 Å². The summed E-state index contributed by atoms with van der Waals surface area (Å²) in [5, 5.41) is 0. The molecule has 74 valence electrons. The van der Waals surface area contributed by atoms with Gasteiger partial charge in [-0.2, -0.15) is 0 Å². The Bertz CT molecular complexity index is 142. The minimum Gasteiger partial charge on any atom is -0.326 e. The van der Waals surface area contributed by atoms with Crippen molar-refractivity contribution in [3.8, 4) is 0 Å². The van der Waals surface area contributed by atoms with E-state index in [1.165, 1.54) is 0 Å². The molecule has 12 heavy (non-hydrogen) atoms. The van der Waals surface area contributed by atoms with Crippen LogP contribution in [-0.4, -0.2) is 23.0 Å². The molecule has 2 atom stereocenters. The molecule has 8 heteroatoms. The Morgan fingerprint density at radius 2 is 1.25 bits per heavy atom. The molecule has 2 unspecified atom stereocenters. The van der Waals surface area contributed by atoms with Gasteiger partial charge in [0.2, 0.25) is 0 Å². The third kappa shape index (κ3) is 10.3. The molecule has 6 nitrogen and oxygen atoms in total. The fourth-order valence-electron chi connectivity index (χ4n) is 0.523. The largest absolute Gasteiger partial charge is 0.326 e. The van der Waals surface area contributed by atoms with Crippen LogP contribution in [0.15, 0.2) is 0 Å². The number of hydrogen-bond donors (Lipinski definition) is 2. The lowest BCUT2D eigenvalue weighted by Gasteiger charge is -1.99. The Morgan fingerprint density at radius 3 is 1.50 bits per heavy atom. The Morgan fingerprint density at radius 1 is 0.917 bits per heavy atom. The molecule has 0 amide bonds. The van der Waals surface area contributed by atoms with Crippen LogP contribution in [0.2, 0.25) is 0 Å². The molecule has 0 fully saturated rings. The van der Waals surface area contributed by atoms with Crippen molar-refractivity contribution in [2.45, 2.75) is 12.8 Å². The van der Waals surface area contributed by atoms with E-state index in [0.717, 1.165) is 0 Å². The van der Waals surface area contributed by atoms with Crippen LogP contribution in [0.5, 0.6) is 0 Å². The highest BCUT2D eigenvalue weighted by Crippen LogP contribution is 2.16. The lowest BCUT2D eigenvalue weighted by Crippen LogP contribution is -1.91. The van der Waals surface area contributed by atoms with Crippen molar-refractivity contribution in [3.63, 3.8) is 0 Å². The Kier molecular flexibility index (Phi) is 8.12. The van der Waals surface area contributed by atoms with E-state index in [1.54, 1.807) is 0 Å². The summed E-state index contributed by atoms with van der Waals surface area (Å²) in [5.74, 6) is 0. The van der Waals surface area contributed by atoms with Gasteiger partial charge in [0, 0.05) is 0 Å². The number of unbranched alkanes of at least 4 members (excludes halogenated alkanes) is 1. The number of rotatable bonds is 7. The van der Waals surface area contributed by atoms with Crippen LogP contribution >= 0.6 is 16.5 Å². The molecule has 0 saturated heterocycles. The van der Waals surface area contributed by atoms with E-state index in [4.69, 9.17) is 9.79 Å². The maximum absolute atomic E-state index is 9.99. The van der Waals surface area contributed by atoms with E-state index in [0.29, 0.717) is 12.8 Å². The summed E-state index contributed by atoms with van der Waals surface area (Å²) in [6.07, 6.45) is 1.07. The van der Waals surface area contributed by atoms with Crippen molar-refractivity contribution >= 4 is 16.5 Å². The molecule has 0 spiro atoms. The van der Waals surface area contributed by atoms with Gasteiger partial charge in [-0.1, -0.05) is 0 Å². The molecular formula is C4H12O6P2. The van der Waals surface area contributed by atoms with Crippen molar-refractivity contribution in [2.24, 2.45) is 0 Å². The first-order chi connectivity index (χ1) is 5.63. The summed E-state index contributed by atoms with van der Waals surface area (Å²) in [4.78, 5) is 16.4. The second-order valence-electron chi connectivity index (χ2n) is 1.94. The fraction of sp³-hybridized carbons (Fsp3) is 1.00. The normalized spacial score (nSPS) is 15.8. The van der Waals surface area contributed by atoms with Crippen LogP contribution in [0.4, 0.5) is 0 Å². The van der Waals surface area contributed by atoms with E-state index >= 15 is 0 Å². The van der Waals surface area contributed by atoms with Gasteiger partial charge in [-0.25, -0.2) is 0 Å². The molecule has 0 heterocycles. The average molecular weight is 218 g/mol. The van der Waals surface area contributed by atoms with Crippen molar-refractivity contribution in [3.05, 3.63) is 0 Å². The molecule has 0 aliphatic heterocycles. The van der Waals surface area contributed by atoms with Crippen molar-refractivity contribution in [1.82, 2.24) is 0 Å². The molecule has 0 aliphatic rings. The first-order valence-corrected chi connectivity index (χ1v) is 5.87. The van der Waals surface area contributed by atoms with E-state index in [1.807, 2.05) is 0 Å². The van der Waals surface area contributed by atoms with Crippen LogP contribution < -0.4 is 0 Å². The highest BCUT2D eigenvalue weighted by molar-refractivity contribution is 7.32. The van der Waals surface area contributed by atoms with Gasteiger partial charge >= 0.3 is 16.5 Å². The third-order valence-electron chi connectivity index (χ3n) is 0.990. The van der Waals surface area contributed by atoms with Gasteiger partial charge in [0.1, 0.15) is 0 Å². The zero-order chi connectivity index (χ0) is 9.40. The Hall–Kier alpha value is 0.300. The second kappa shape index (κ2) is 7.92. The minimum atomic E-state index is -2.83. The fourth-order valence-corrected chi connectivity index (χ4v) is 1.16. The zero-order valence-electron chi connectivity index (χ0n) is 6.36. The molecule has 0 radical (unpaired) electrons. The first-order valence-electron chi connectivity index (χ1n) is 3.34. The van der Waals surface area contributed by atoms with Gasteiger partial charge in [0.05, 0.1) is 13.2 Å².